The molecule has 4 rings (SSSR count). The van der Waals surface area contributed by atoms with Crippen LogP contribution in [0.15, 0.2) is 65.1 Å². The van der Waals surface area contributed by atoms with Crippen molar-refractivity contribution < 1.29 is 18.9 Å². The Kier molecular flexibility index (Phi) is 5.65. The number of amides is 1. The number of furan rings is 1. The lowest BCUT2D eigenvalue weighted by molar-refractivity contribution is -0.389. The first-order valence-corrected chi connectivity index (χ1v) is 9.67. The molecule has 1 N–H and O–H groups in total. The smallest absolute Gasteiger partial charge is 0.390 e. The van der Waals surface area contributed by atoms with E-state index in [9.17, 15) is 14.9 Å². The Labute approximate surface area is 177 Å². The molecule has 0 aliphatic rings. The van der Waals surface area contributed by atoms with Crippen molar-refractivity contribution in [3.05, 3.63) is 88.0 Å². The van der Waals surface area contributed by atoms with Crippen LogP contribution >= 0.6 is 0 Å². The Balaban J connectivity index is 1.29. The number of aromatic nitrogens is 2. The minimum absolute atomic E-state index is 0.167. The highest BCUT2D eigenvalue weighted by molar-refractivity contribution is 5.91. The molecule has 9 nitrogen and oxygen atoms in total. The van der Waals surface area contributed by atoms with E-state index < -0.39 is 4.92 Å². The van der Waals surface area contributed by atoms with Crippen LogP contribution in [0.1, 0.15) is 22.0 Å². The minimum atomic E-state index is -0.549. The van der Waals surface area contributed by atoms with Gasteiger partial charge >= 0.3 is 5.82 Å². The van der Waals surface area contributed by atoms with E-state index >= 15 is 0 Å². The molecule has 0 unspecified atom stereocenters. The summed E-state index contributed by atoms with van der Waals surface area (Å²) in [7, 11) is 0. The van der Waals surface area contributed by atoms with Crippen LogP contribution in [-0.4, -0.2) is 27.2 Å². The van der Waals surface area contributed by atoms with E-state index in [0.717, 1.165) is 10.8 Å². The van der Waals surface area contributed by atoms with Crippen molar-refractivity contribution in [2.75, 3.05) is 6.54 Å². The number of hydrogen-bond donors (Lipinski definition) is 1. The van der Waals surface area contributed by atoms with Gasteiger partial charge in [-0.05, 0) is 46.9 Å². The maximum atomic E-state index is 12.3. The molecule has 0 atom stereocenters. The van der Waals surface area contributed by atoms with Gasteiger partial charge in [-0.1, -0.05) is 30.3 Å². The van der Waals surface area contributed by atoms with Gasteiger partial charge in [-0.3, -0.25) is 4.79 Å². The van der Waals surface area contributed by atoms with Crippen molar-refractivity contribution >= 4 is 22.5 Å². The molecular formula is C22H20N4O5. The molecular weight excluding hydrogens is 400 g/mol. The summed E-state index contributed by atoms with van der Waals surface area (Å²) in [5.41, 5.74) is 0.645. The zero-order valence-corrected chi connectivity index (χ0v) is 16.8. The second-order valence-electron chi connectivity index (χ2n) is 6.94. The summed E-state index contributed by atoms with van der Waals surface area (Å²) in [6, 6.07) is 18.5. The first-order valence-electron chi connectivity index (χ1n) is 9.67. The molecule has 0 radical (unpaired) electrons. The zero-order valence-electron chi connectivity index (χ0n) is 16.8. The fraction of sp³-hybridized carbons (Fsp3) is 0.182. The van der Waals surface area contributed by atoms with Gasteiger partial charge < -0.3 is 24.6 Å². The summed E-state index contributed by atoms with van der Waals surface area (Å²) >= 11 is 0. The predicted molar refractivity (Wildman–Crippen MR) is 113 cm³/mol. The number of aryl methyl sites for hydroxylation is 1. The zero-order chi connectivity index (χ0) is 21.8. The second kappa shape index (κ2) is 8.70. The van der Waals surface area contributed by atoms with Gasteiger partial charge in [0.15, 0.2) is 5.76 Å². The van der Waals surface area contributed by atoms with E-state index in [0.29, 0.717) is 23.7 Å². The molecule has 158 valence electrons. The van der Waals surface area contributed by atoms with Crippen LogP contribution in [0.3, 0.4) is 0 Å². The van der Waals surface area contributed by atoms with Crippen molar-refractivity contribution in [2.24, 2.45) is 0 Å². The number of carbonyl (C=O) groups excluding carboxylic acids is 1. The van der Waals surface area contributed by atoms with Crippen LogP contribution in [-0.2, 0) is 13.2 Å². The molecule has 31 heavy (non-hydrogen) atoms. The number of nitrogens with zero attached hydrogens (tertiary/aromatic N) is 3. The number of nitro groups is 1. The summed E-state index contributed by atoms with van der Waals surface area (Å²) in [5.74, 6) is 0.809. The third-order valence-electron chi connectivity index (χ3n) is 4.75. The minimum Gasteiger partial charge on any atom is -0.486 e. The highest BCUT2D eigenvalue weighted by Crippen LogP contribution is 2.21. The molecule has 0 aliphatic heterocycles. The van der Waals surface area contributed by atoms with E-state index in [4.69, 9.17) is 9.15 Å². The quantitative estimate of drug-likeness (QED) is 0.342. The van der Waals surface area contributed by atoms with Crippen LogP contribution in [0.2, 0.25) is 0 Å². The Hall–Kier alpha value is -4.14. The lowest BCUT2D eigenvalue weighted by Crippen LogP contribution is -2.27. The monoisotopic (exact) mass is 420 g/mol. The molecule has 0 saturated carbocycles. The normalized spacial score (nSPS) is 10.9. The van der Waals surface area contributed by atoms with Crippen LogP contribution in [0, 0.1) is 17.0 Å². The molecule has 0 spiro atoms. The lowest BCUT2D eigenvalue weighted by Gasteiger charge is -2.06. The molecule has 2 aromatic carbocycles. The molecule has 4 aromatic rings. The first kappa shape index (κ1) is 20.1. The Morgan fingerprint density at radius 3 is 2.74 bits per heavy atom. The third-order valence-corrected chi connectivity index (χ3v) is 4.75. The van der Waals surface area contributed by atoms with Crippen LogP contribution in [0.5, 0.6) is 5.75 Å². The van der Waals surface area contributed by atoms with Gasteiger partial charge in [0.1, 0.15) is 18.1 Å². The molecule has 9 heteroatoms. The average Bonchev–Trinajstić information content (AvgIpc) is 3.39. The maximum absolute atomic E-state index is 12.3. The van der Waals surface area contributed by atoms with E-state index in [1.165, 1.54) is 10.7 Å². The topological polar surface area (TPSA) is 112 Å². The summed E-state index contributed by atoms with van der Waals surface area (Å²) in [6.07, 6.45) is 0. The molecule has 0 fully saturated rings. The van der Waals surface area contributed by atoms with Crippen molar-refractivity contribution in [3.63, 3.8) is 0 Å². The molecule has 0 aliphatic carbocycles. The van der Waals surface area contributed by atoms with Gasteiger partial charge in [-0.2, -0.15) is 4.68 Å². The SMILES string of the molecule is Cc1cc([N+](=O)[O-])nn1CCNC(=O)c1ccc(COc2ccc3ccccc3c2)o1. The summed E-state index contributed by atoms with van der Waals surface area (Å²) in [5, 5.41) is 19.6. The molecule has 2 heterocycles. The van der Waals surface area contributed by atoms with E-state index in [1.807, 2.05) is 42.5 Å². The molecule has 1 amide bonds. The number of fused-ring (bicyclic) bond motifs is 1. The summed E-state index contributed by atoms with van der Waals surface area (Å²) in [6.45, 7) is 2.48. The van der Waals surface area contributed by atoms with E-state index in [2.05, 4.69) is 10.4 Å². The van der Waals surface area contributed by atoms with Crippen molar-refractivity contribution in [1.29, 1.82) is 0 Å². The number of benzene rings is 2. The number of ether oxygens (including phenoxy) is 1. The van der Waals surface area contributed by atoms with E-state index in [1.54, 1.807) is 19.1 Å². The Morgan fingerprint density at radius 2 is 1.97 bits per heavy atom. The number of hydrogen-bond acceptors (Lipinski definition) is 6. The van der Waals surface area contributed by atoms with Gasteiger partial charge in [-0.15, -0.1) is 0 Å². The van der Waals surface area contributed by atoms with Gasteiger partial charge in [-0.25, -0.2) is 0 Å². The highest BCUT2D eigenvalue weighted by atomic mass is 16.6. The van der Waals surface area contributed by atoms with Gasteiger partial charge in [0, 0.05) is 6.54 Å². The van der Waals surface area contributed by atoms with Gasteiger partial charge in [0.25, 0.3) is 5.91 Å². The summed E-state index contributed by atoms with van der Waals surface area (Å²) in [4.78, 5) is 22.5. The number of carbonyl (C=O) groups is 1. The molecule has 0 bridgehead atoms. The van der Waals surface area contributed by atoms with Crippen molar-refractivity contribution in [3.8, 4) is 5.75 Å². The van der Waals surface area contributed by atoms with Crippen LogP contribution in [0.4, 0.5) is 5.82 Å². The van der Waals surface area contributed by atoms with Crippen LogP contribution in [0.25, 0.3) is 10.8 Å². The third kappa shape index (κ3) is 4.72. The average molecular weight is 420 g/mol. The second-order valence-corrected chi connectivity index (χ2v) is 6.94. The first-order chi connectivity index (χ1) is 15.0. The Morgan fingerprint density at radius 1 is 1.16 bits per heavy atom. The lowest BCUT2D eigenvalue weighted by atomic mass is 10.1. The molecule has 0 saturated heterocycles. The van der Waals surface area contributed by atoms with Gasteiger partial charge in [0.2, 0.25) is 0 Å². The van der Waals surface area contributed by atoms with Gasteiger partial charge in [0.05, 0.1) is 23.4 Å². The highest BCUT2D eigenvalue weighted by Gasteiger charge is 2.16. The summed E-state index contributed by atoms with van der Waals surface area (Å²) < 4.78 is 12.8. The largest absolute Gasteiger partial charge is 0.486 e. The molecule has 2 aromatic heterocycles. The van der Waals surface area contributed by atoms with Crippen LogP contribution < -0.4 is 10.1 Å². The fourth-order valence-corrected chi connectivity index (χ4v) is 3.16. The predicted octanol–water partition coefficient (Wildman–Crippen LogP) is 3.85. The van der Waals surface area contributed by atoms with Crippen molar-refractivity contribution in [2.45, 2.75) is 20.1 Å². The maximum Gasteiger partial charge on any atom is 0.390 e. The Bertz CT molecular complexity index is 1240. The fourth-order valence-electron chi connectivity index (χ4n) is 3.16. The number of nitrogens with one attached hydrogen (secondary N) is 1. The number of rotatable bonds is 8. The van der Waals surface area contributed by atoms with E-state index in [-0.39, 0.29) is 30.6 Å². The van der Waals surface area contributed by atoms with Crippen molar-refractivity contribution in [1.82, 2.24) is 15.1 Å². The standard InChI is InChI=1S/C22H20N4O5/c1-15-12-21(26(28)29)24-25(15)11-10-23-22(27)20-9-8-19(31-20)14-30-18-7-6-16-4-2-3-5-17(16)13-18/h2-9,12-13H,10-11,14H2,1H3,(H,23,27).